The molecule has 15 heavy (non-hydrogen) atoms. The van der Waals surface area contributed by atoms with Crippen molar-refractivity contribution in [1.82, 2.24) is 9.55 Å². The van der Waals surface area contributed by atoms with Crippen molar-refractivity contribution in [2.24, 2.45) is 0 Å². The lowest BCUT2D eigenvalue weighted by Gasteiger charge is -2.06. The van der Waals surface area contributed by atoms with Crippen LogP contribution in [0.1, 0.15) is 21.7 Å². The van der Waals surface area contributed by atoms with E-state index in [1.54, 1.807) is 12.3 Å². The molecule has 0 fully saturated rings. The number of pyridine rings is 1. The molecule has 3 heteroatoms. The summed E-state index contributed by atoms with van der Waals surface area (Å²) >= 11 is 0. The minimum atomic E-state index is 0.647. The molecule has 76 valence electrons. The minimum Gasteiger partial charge on any atom is -0.339 e. The molecule has 2 heterocycles. The Morgan fingerprint density at radius 1 is 1.40 bits per heavy atom. The number of aryl methyl sites for hydroxylation is 1. The van der Waals surface area contributed by atoms with Crippen molar-refractivity contribution < 1.29 is 4.79 Å². The molecule has 2 aromatic rings. The SMILES string of the molecule is Cc1cccnc1Cn1cccc1C=O. The number of hydrogen-bond acceptors (Lipinski definition) is 2. The second kappa shape index (κ2) is 4.09. The fourth-order valence-corrected chi connectivity index (χ4v) is 1.52. The van der Waals surface area contributed by atoms with E-state index >= 15 is 0 Å². The Kier molecular flexibility index (Phi) is 2.63. The van der Waals surface area contributed by atoms with Gasteiger partial charge in [0, 0.05) is 12.4 Å². The molecule has 0 N–H and O–H groups in total. The Balaban J connectivity index is 2.29. The molecule has 0 saturated heterocycles. The Morgan fingerprint density at radius 2 is 2.27 bits per heavy atom. The number of carbonyl (C=O) groups is 1. The van der Waals surface area contributed by atoms with Crippen molar-refractivity contribution in [3.05, 3.63) is 53.6 Å². The maximum Gasteiger partial charge on any atom is 0.166 e. The molecular formula is C12H12N2O. The molecule has 0 spiro atoms. The third-order valence-corrected chi connectivity index (χ3v) is 2.42. The molecule has 0 aliphatic rings. The summed E-state index contributed by atoms with van der Waals surface area (Å²) in [4.78, 5) is 15.0. The van der Waals surface area contributed by atoms with E-state index in [4.69, 9.17) is 0 Å². The maximum absolute atomic E-state index is 10.7. The van der Waals surface area contributed by atoms with Gasteiger partial charge in [-0.1, -0.05) is 6.07 Å². The normalized spacial score (nSPS) is 10.2. The smallest absolute Gasteiger partial charge is 0.166 e. The Hall–Kier alpha value is -1.90. The molecule has 0 aliphatic heterocycles. The highest BCUT2D eigenvalue weighted by atomic mass is 16.1. The van der Waals surface area contributed by atoms with Crippen LogP contribution in [0.3, 0.4) is 0 Å². The Labute approximate surface area is 88.4 Å². The predicted molar refractivity (Wildman–Crippen MR) is 57.9 cm³/mol. The van der Waals surface area contributed by atoms with Gasteiger partial charge in [-0.3, -0.25) is 9.78 Å². The first-order valence-electron chi connectivity index (χ1n) is 4.82. The highest BCUT2D eigenvalue weighted by Crippen LogP contribution is 2.08. The number of hydrogen-bond donors (Lipinski definition) is 0. The van der Waals surface area contributed by atoms with Crippen LogP contribution in [0.15, 0.2) is 36.7 Å². The number of rotatable bonds is 3. The number of aromatic nitrogens is 2. The summed E-state index contributed by atoms with van der Waals surface area (Å²) in [6, 6.07) is 7.59. The average Bonchev–Trinajstić information content (AvgIpc) is 2.69. The fraction of sp³-hybridized carbons (Fsp3) is 0.167. The summed E-state index contributed by atoms with van der Waals surface area (Å²) in [5, 5.41) is 0. The number of carbonyl (C=O) groups excluding carboxylic acids is 1. The third-order valence-electron chi connectivity index (χ3n) is 2.42. The topological polar surface area (TPSA) is 34.9 Å². The largest absolute Gasteiger partial charge is 0.339 e. The maximum atomic E-state index is 10.7. The molecular weight excluding hydrogens is 188 g/mol. The van der Waals surface area contributed by atoms with Crippen LogP contribution < -0.4 is 0 Å². The van der Waals surface area contributed by atoms with Crippen LogP contribution in [-0.2, 0) is 6.54 Å². The van der Waals surface area contributed by atoms with Gasteiger partial charge in [0.2, 0.25) is 0 Å². The van der Waals surface area contributed by atoms with Crippen molar-refractivity contribution in [3.8, 4) is 0 Å². The van der Waals surface area contributed by atoms with Crippen LogP contribution in [-0.4, -0.2) is 15.8 Å². The van der Waals surface area contributed by atoms with E-state index in [0.29, 0.717) is 12.2 Å². The zero-order valence-corrected chi connectivity index (χ0v) is 8.55. The molecule has 0 aliphatic carbocycles. The van der Waals surface area contributed by atoms with Crippen LogP contribution >= 0.6 is 0 Å². The zero-order valence-electron chi connectivity index (χ0n) is 8.55. The van der Waals surface area contributed by atoms with E-state index in [0.717, 1.165) is 17.5 Å². The molecule has 0 amide bonds. The molecule has 0 atom stereocenters. The van der Waals surface area contributed by atoms with Crippen LogP contribution in [0.2, 0.25) is 0 Å². The van der Waals surface area contributed by atoms with E-state index in [-0.39, 0.29) is 0 Å². The minimum absolute atomic E-state index is 0.647. The standard InChI is InChI=1S/C12H12N2O/c1-10-4-2-6-13-12(10)8-14-7-3-5-11(14)9-15/h2-7,9H,8H2,1H3. The van der Waals surface area contributed by atoms with Crippen molar-refractivity contribution >= 4 is 6.29 Å². The lowest BCUT2D eigenvalue weighted by molar-refractivity contribution is 0.111. The second-order valence-electron chi connectivity index (χ2n) is 3.45. The van der Waals surface area contributed by atoms with Crippen LogP contribution in [0.5, 0.6) is 0 Å². The van der Waals surface area contributed by atoms with Gasteiger partial charge in [-0.15, -0.1) is 0 Å². The first-order valence-corrected chi connectivity index (χ1v) is 4.82. The van der Waals surface area contributed by atoms with E-state index < -0.39 is 0 Å². The van der Waals surface area contributed by atoms with Crippen LogP contribution in [0, 0.1) is 6.92 Å². The molecule has 2 rings (SSSR count). The zero-order chi connectivity index (χ0) is 10.7. The first-order chi connectivity index (χ1) is 7.31. The summed E-state index contributed by atoms with van der Waals surface area (Å²) < 4.78 is 1.89. The summed E-state index contributed by atoms with van der Waals surface area (Å²) in [7, 11) is 0. The van der Waals surface area contributed by atoms with Crippen molar-refractivity contribution in [1.29, 1.82) is 0 Å². The molecule has 0 aromatic carbocycles. The van der Waals surface area contributed by atoms with Crippen molar-refractivity contribution in [2.45, 2.75) is 13.5 Å². The van der Waals surface area contributed by atoms with E-state index in [1.165, 1.54) is 0 Å². The highest BCUT2D eigenvalue weighted by Gasteiger charge is 2.03. The van der Waals surface area contributed by atoms with Gasteiger partial charge in [0.1, 0.15) is 0 Å². The summed E-state index contributed by atoms with van der Waals surface area (Å²) in [5.41, 5.74) is 2.82. The molecule has 0 radical (unpaired) electrons. The molecule has 3 nitrogen and oxygen atoms in total. The van der Waals surface area contributed by atoms with E-state index in [2.05, 4.69) is 4.98 Å². The summed E-state index contributed by atoms with van der Waals surface area (Å²) in [6.07, 6.45) is 4.52. The predicted octanol–water partition coefficient (Wildman–Crippen LogP) is 2.05. The molecule has 0 saturated carbocycles. The molecule has 0 bridgehead atoms. The lowest BCUT2D eigenvalue weighted by Crippen LogP contribution is -2.05. The number of aldehydes is 1. The highest BCUT2D eigenvalue weighted by molar-refractivity contribution is 5.72. The van der Waals surface area contributed by atoms with Gasteiger partial charge >= 0.3 is 0 Å². The van der Waals surface area contributed by atoms with Gasteiger partial charge < -0.3 is 4.57 Å². The van der Waals surface area contributed by atoms with Crippen LogP contribution in [0.25, 0.3) is 0 Å². The van der Waals surface area contributed by atoms with Gasteiger partial charge in [0.05, 0.1) is 17.9 Å². The van der Waals surface area contributed by atoms with Crippen molar-refractivity contribution in [3.63, 3.8) is 0 Å². The molecule has 2 aromatic heterocycles. The van der Waals surface area contributed by atoms with Gasteiger partial charge in [-0.2, -0.15) is 0 Å². The van der Waals surface area contributed by atoms with E-state index in [1.807, 2.05) is 35.9 Å². The molecule has 0 unspecified atom stereocenters. The first kappa shape index (κ1) is 9.65. The lowest BCUT2D eigenvalue weighted by atomic mass is 10.2. The van der Waals surface area contributed by atoms with Gasteiger partial charge in [-0.25, -0.2) is 0 Å². The Bertz CT molecular complexity index is 474. The van der Waals surface area contributed by atoms with Crippen molar-refractivity contribution in [2.75, 3.05) is 0 Å². The van der Waals surface area contributed by atoms with Gasteiger partial charge in [0.15, 0.2) is 6.29 Å². The second-order valence-corrected chi connectivity index (χ2v) is 3.45. The monoisotopic (exact) mass is 200 g/mol. The van der Waals surface area contributed by atoms with Crippen LogP contribution in [0.4, 0.5) is 0 Å². The van der Waals surface area contributed by atoms with E-state index in [9.17, 15) is 4.79 Å². The number of nitrogens with zero attached hydrogens (tertiary/aromatic N) is 2. The summed E-state index contributed by atoms with van der Waals surface area (Å²) in [5.74, 6) is 0. The Morgan fingerprint density at radius 3 is 3.00 bits per heavy atom. The van der Waals surface area contributed by atoms with Gasteiger partial charge in [-0.05, 0) is 30.7 Å². The van der Waals surface area contributed by atoms with Gasteiger partial charge in [0.25, 0.3) is 0 Å². The third kappa shape index (κ3) is 1.96. The quantitative estimate of drug-likeness (QED) is 0.711. The fourth-order valence-electron chi connectivity index (χ4n) is 1.52. The summed E-state index contributed by atoms with van der Waals surface area (Å²) in [6.45, 7) is 2.67. The average molecular weight is 200 g/mol.